The number of nitrogens with one attached hydrogen (secondary N) is 2. The molecular formula is C17H25F2N3O2. The van der Waals surface area contributed by atoms with Gasteiger partial charge in [-0.2, -0.15) is 8.78 Å². The summed E-state index contributed by atoms with van der Waals surface area (Å²) in [5.74, 6) is 0.700. The van der Waals surface area contributed by atoms with Gasteiger partial charge in [0.2, 0.25) is 0 Å². The normalized spacial score (nSPS) is 19.8. The number of alkyl halides is 2. The number of amides is 2. The predicted molar refractivity (Wildman–Crippen MR) is 89.5 cm³/mol. The van der Waals surface area contributed by atoms with E-state index in [1.807, 2.05) is 0 Å². The van der Waals surface area contributed by atoms with Crippen LogP contribution in [0.4, 0.5) is 19.3 Å². The van der Waals surface area contributed by atoms with E-state index in [4.69, 9.17) is 0 Å². The second kappa shape index (κ2) is 8.82. The number of rotatable bonds is 6. The van der Waals surface area contributed by atoms with Crippen LogP contribution in [0.1, 0.15) is 26.7 Å². The van der Waals surface area contributed by atoms with E-state index in [1.54, 1.807) is 12.1 Å². The Morgan fingerprint density at radius 1 is 1.46 bits per heavy atom. The van der Waals surface area contributed by atoms with Gasteiger partial charge >= 0.3 is 12.6 Å². The number of hydrogen-bond donors (Lipinski definition) is 2. The van der Waals surface area contributed by atoms with E-state index >= 15 is 0 Å². The third-order valence-corrected chi connectivity index (χ3v) is 4.19. The zero-order valence-electron chi connectivity index (χ0n) is 14.1. The Balaban J connectivity index is 1.78. The van der Waals surface area contributed by atoms with Crippen molar-refractivity contribution in [3.63, 3.8) is 0 Å². The maximum Gasteiger partial charge on any atom is 0.387 e. The first-order chi connectivity index (χ1) is 11.4. The quantitative estimate of drug-likeness (QED) is 0.832. The number of hydrogen-bond acceptors (Lipinski definition) is 3. The van der Waals surface area contributed by atoms with Gasteiger partial charge < -0.3 is 15.4 Å². The van der Waals surface area contributed by atoms with Crippen molar-refractivity contribution in [3.05, 3.63) is 24.3 Å². The molecule has 0 aromatic heterocycles. The summed E-state index contributed by atoms with van der Waals surface area (Å²) in [5.41, 5.74) is 0.407. The highest BCUT2D eigenvalue weighted by Gasteiger charge is 2.21. The fourth-order valence-corrected chi connectivity index (χ4v) is 2.92. The van der Waals surface area contributed by atoms with Crippen molar-refractivity contribution >= 4 is 11.7 Å². The monoisotopic (exact) mass is 341 g/mol. The standard InChI is InChI=1S/C17H25F2N3O2/c1-12-5-4-8-22(11-12)13(2)10-20-17(23)21-14-6-3-7-15(9-14)24-16(18)19/h3,6-7,9,12-13,16H,4-5,8,10-11H2,1-2H3,(H2,20,21,23)/t12-,13+/m1/s1. The average molecular weight is 341 g/mol. The highest BCUT2D eigenvalue weighted by Crippen LogP contribution is 2.19. The number of anilines is 1. The number of carbonyl (C=O) groups is 1. The van der Waals surface area contributed by atoms with E-state index in [0.29, 0.717) is 18.2 Å². The Kier molecular flexibility index (Phi) is 6.78. The smallest absolute Gasteiger partial charge is 0.387 e. The van der Waals surface area contributed by atoms with Crippen molar-refractivity contribution in [2.75, 3.05) is 25.0 Å². The first kappa shape index (κ1) is 18.4. The van der Waals surface area contributed by atoms with Gasteiger partial charge in [0.1, 0.15) is 5.75 Å². The lowest BCUT2D eigenvalue weighted by Crippen LogP contribution is -2.47. The van der Waals surface area contributed by atoms with Crippen LogP contribution in [-0.2, 0) is 0 Å². The summed E-state index contributed by atoms with van der Waals surface area (Å²) in [5, 5.41) is 5.45. The molecule has 1 heterocycles. The maximum absolute atomic E-state index is 12.2. The first-order valence-corrected chi connectivity index (χ1v) is 8.28. The summed E-state index contributed by atoms with van der Waals surface area (Å²) in [6, 6.07) is 5.84. The largest absolute Gasteiger partial charge is 0.435 e. The molecule has 1 aliphatic heterocycles. The molecule has 0 bridgehead atoms. The van der Waals surface area contributed by atoms with Crippen LogP contribution in [0, 0.1) is 5.92 Å². The number of nitrogens with zero attached hydrogens (tertiary/aromatic N) is 1. The maximum atomic E-state index is 12.2. The minimum atomic E-state index is -2.89. The molecule has 2 rings (SSSR count). The van der Waals surface area contributed by atoms with Gasteiger partial charge in [0.25, 0.3) is 0 Å². The molecule has 2 atom stereocenters. The van der Waals surface area contributed by atoms with Gasteiger partial charge in [-0.15, -0.1) is 0 Å². The van der Waals surface area contributed by atoms with E-state index < -0.39 is 6.61 Å². The Hall–Kier alpha value is -1.89. The van der Waals surface area contributed by atoms with Crippen molar-refractivity contribution in [2.24, 2.45) is 5.92 Å². The van der Waals surface area contributed by atoms with E-state index in [1.165, 1.54) is 25.0 Å². The summed E-state index contributed by atoms with van der Waals surface area (Å²) >= 11 is 0. The molecule has 1 aliphatic rings. The van der Waals surface area contributed by atoms with Crippen molar-refractivity contribution in [2.45, 2.75) is 39.3 Å². The molecule has 0 unspecified atom stereocenters. The summed E-state index contributed by atoms with van der Waals surface area (Å²) in [4.78, 5) is 14.3. The molecule has 1 saturated heterocycles. The average Bonchev–Trinajstić information content (AvgIpc) is 2.52. The Morgan fingerprint density at radius 2 is 2.25 bits per heavy atom. The molecule has 134 valence electrons. The Bertz CT molecular complexity index is 542. The summed E-state index contributed by atoms with van der Waals surface area (Å²) in [7, 11) is 0. The lowest BCUT2D eigenvalue weighted by molar-refractivity contribution is -0.0497. The molecule has 0 spiro atoms. The summed E-state index contributed by atoms with van der Waals surface area (Å²) in [6.07, 6.45) is 2.45. The summed E-state index contributed by atoms with van der Waals surface area (Å²) < 4.78 is 28.7. The van der Waals surface area contributed by atoms with Crippen LogP contribution in [0.25, 0.3) is 0 Å². The van der Waals surface area contributed by atoms with Gasteiger partial charge in [0, 0.05) is 30.9 Å². The molecule has 0 aliphatic carbocycles. The highest BCUT2D eigenvalue weighted by atomic mass is 19.3. The first-order valence-electron chi connectivity index (χ1n) is 8.28. The third kappa shape index (κ3) is 5.96. The lowest BCUT2D eigenvalue weighted by atomic mass is 9.99. The third-order valence-electron chi connectivity index (χ3n) is 4.19. The van der Waals surface area contributed by atoms with Crippen molar-refractivity contribution < 1.29 is 18.3 Å². The number of likely N-dealkylation sites (tertiary alicyclic amines) is 1. The van der Waals surface area contributed by atoms with Crippen LogP contribution in [0.2, 0.25) is 0 Å². The van der Waals surface area contributed by atoms with Gasteiger partial charge in [-0.1, -0.05) is 13.0 Å². The van der Waals surface area contributed by atoms with E-state index in [9.17, 15) is 13.6 Å². The van der Waals surface area contributed by atoms with Gasteiger partial charge in [0.15, 0.2) is 0 Å². The second-order valence-electron chi connectivity index (χ2n) is 6.33. The van der Waals surface area contributed by atoms with Crippen LogP contribution in [0.15, 0.2) is 24.3 Å². The minimum absolute atomic E-state index is 0.0125. The highest BCUT2D eigenvalue weighted by molar-refractivity contribution is 5.89. The molecule has 0 radical (unpaired) electrons. The number of benzene rings is 1. The van der Waals surface area contributed by atoms with Gasteiger partial charge in [-0.25, -0.2) is 4.79 Å². The molecule has 2 amide bonds. The SMILES string of the molecule is C[C@@H]1CCCN([C@@H](C)CNC(=O)Nc2cccc(OC(F)F)c2)C1. The minimum Gasteiger partial charge on any atom is -0.435 e. The topological polar surface area (TPSA) is 53.6 Å². The van der Waals surface area contributed by atoms with Crippen molar-refractivity contribution in [3.8, 4) is 5.75 Å². The number of carbonyl (C=O) groups excluding carboxylic acids is 1. The van der Waals surface area contributed by atoms with E-state index in [-0.39, 0.29) is 17.8 Å². The molecule has 24 heavy (non-hydrogen) atoms. The number of ether oxygens (including phenoxy) is 1. The van der Waals surface area contributed by atoms with Crippen LogP contribution in [0.3, 0.4) is 0 Å². The molecular weight excluding hydrogens is 316 g/mol. The van der Waals surface area contributed by atoms with Crippen LogP contribution in [-0.4, -0.2) is 43.2 Å². The Labute approximate surface area is 141 Å². The molecule has 0 saturated carbocycles. The zero-order valence-corrected chi connectivity index (χ0v) is 14.1. The number of piperidine rings is 1. The van der Waals surface area contributed by atoms with Crippen LogP contribution < -0.4 is 15.4 Å². The fraction of sp³-hybridized carbons (Fsp3) is 0.588. The van der Waals surface area contributed by atoms with Crippen molar-refractivity contribution in [1.82, 2.24) is 10.2 Å². The molecule has 1 aromatic carbocycles. The van der Waals surface area contributed by atoms with E-state index in [2.05, 4.69) is 34.1 Å². The summed E-state index contributed by atoms with van der Waals surface area (Å²) in [6.45, 7) is 4.09. The van der Waals surface area contributed by atoms with E-state index in [0.717, 1.165) is 13.1 Å². The van der Waals surface area contributed by atoms with Gasteiger partial charge in [-0.3, -0.25) is 4.90 Å². The molecule has 2 N–H and O–H groups in total. The molecule has 7 heteroatoms. The molecule has 1 aromatic rings. The van der Waals surface area contributed by atoms with Crippen LogP contribution >= 0.6 is 0 Å². The second-order valence-corrected chi connectivity index (χ2v) is 6.33. The Morgan fingerprint density at radius 3 is 2.96 bits per heavy atom. The lowest BCUT2D eigenvalue weighted by Gasteiger charge is -2.35. The van der Waals surface area contributed by atoms with Gasteiger partial charge in [-0.05, 0) is 44.4 Å². The molecule has 1 fully saturated rings. The van der Waals surface area contributed by atoms with Gasteiger partial charge in [0.05, 0.1) is 0 Å². The molecule has 5 nitrogen and oxygen atoms in total. The fourth-order valence-electron chi connectivity index (χ4n) is 2.92. The van der Waals surface area contributed by atoms with Crippen molar-refractivity contribution in [1.29, 1.82) is 0 Å². The number of halogens is 2. The zero-order chi connectivity index (χ0) is 17.5. The predicted octanol–water partition coefficient (Wildman–Crippen LogP) is 3.53. The number of urea groups is 1. The van der Waals surface area contributed by atoms with Crippen LogP contribution in [0.5, 0.6) is 5.75 Å².